The molecule has 6 nitrogen and oxygen atoms in total. The summed E-state index contributed by atoms with van der Waals surface area (Å²) in [5.74, 6) is 1.98. The fraction of sp³-hybridized carbons (Fsp3) is 0.0769. The monoisotopic (exact) mass is 423 g/mol. The lowest BCUT2D eigenvalue weighted by Gasteiger charge is -2.12. The predicted octanol–water partition coefficient (Wildman–Crippen LogP) is 5.08. The molecule has 0 unspecified atom stereocenters. The van der Waals surface area contributed by atoms with E-state index < -0.39 is 0 Å². The number of carbonyl (C=O) groups excluding carboxylic acids is 1. The number of benzene rings is 3. The second-order valence-electron chi connectivity index (χ2n) is 7.48. The van der Waals surface area contributed by atoms with E-state index in [1.54, 1.807) is 19.2 Å². The first kappa shape index (κ1) is 19.6. The van der Waals surface area contributed by atoms with Gasteiger partial charge in [0.25, 0.3) is 0 Å². The molecule has 0 fully saturated rings. The third-order valence-corrected chi connectivity index (χ3v) is 5.47. The average molecular weight is 423 g/mol. The van der Waals surface area contributed by atoms with Crippen molar-refractivity contribution in [3.05, 3.63) is 101 Å². The van der Waals surface area contributed by atoms with Crippen LogP contribution >= 0.6 is 0 Å². The zero-order chi connectivity index (χ0) is 22.1. The van der Waals surface area contributed by atoms with Crippen molar-refractivity contribution in [1.82, 2.24) is 9.78 Å². The molecular formula is C26H21N3O3. The van der Waals surface area contributed by atoms with Crippen molar-refractivity contribution in [2.24, 2.45) is 0 Å². The van der Waals surface area contributed by atoms with Crippen LogP contribution in [-0.2, 0) is 6.42 Å². The number of rotatable bonds is 6. The number of aromatic nitrogens is 2. The van der Waals surface area contributed by atoms with E-state index in [4.69, 9.17) is 15.2 Å². The quantitative estimate of drug-likeness (QED) is 0.438. The molecule has 0 spiro atoms. The first-order valence-electron chi connectivity index (χ1n) is 10.2. The van der Waals surface area contributed by atoms with Gasteiger partial charge in [-0.25, -0.2) is 4.68 Å². The second kappa shape index (κ2) is 8.07. The average Bonchev–Trinajstić information content (AvgIpc) is 3.43. The Balaban J connectivity index is 1.42. The summed E-state index contributed by atoms with van der Waals surface area (Å²) in [5.41, 5.74) is 10.3. The Labute approximate surface area is 185 Å². The highest BCUT2D eigenvalue weighted by atomic mass is 16.5. The Hall–Kier alpha value is -4.32. The number of nitrogen functional groups attached to an aromatic ring is 1. The summed E-state index contributed by atoms with van der Waals surface area (Å²) >= 11 is 0. The minimum Gasteiger partial charge on any atom is -0.493 e. The van der Waals surface area contributed by atoms with E-state index in [0.717, 1.165) is 11.1 Å². The van der Waals surface area contributed by atoms with Gasteiger partial charge in [0.15, 0.2) is 17.3 Å². The molecule has 0 aliphatic heterocycles. The van der Waals surface area contributed by atoms with Gasteiger partial charge in [0, 0.05) is 18.1 Å². The van der Waals surface area contributed by atoms with Gasteiger partial charge in [-0.15, -0.1) is 0 Å². The van der Waals surface area contributed by atoms with Crippen LogP contribution in [0.25, 0.3) is 11.8 Å². The molecule has 0 saturated carbocycles. The van der Waals surface area contributed by atoms with Gasteiger partial charge in [0.05, 0.1) is 24.6 Å². The van der Waals surface area contributed by atoms with Crippen LogP contribution in [0.2, 0.25) is 0 Å². The summed E-state index contributed by atoms with van der Waals surface area (Å²) in [4.78, 5) is 13.1. The zero-order valence-corrected chi connectivity index (χ0v) is 17.5. The van der Waals surface area contributed by atoms with Crippen molar-refractivity contribution < 1.29 is 14.3 Å². The Morgan fingerprint density at radius 1 is 1.00 bits per heavy atom. The van der Waals surface area contributed by atoms with Crippen LogP contribution in [-0.4, -0.2) is 22.7 Å². The maximum atomic E-state index is 13.1. The van der Waals surface area contributed by atoms with Gasteiger partial charge in [-0.3, -0.25) is 4.79 Å². The first-order valence-corrected chi connectivity index (χ1v) is 10.2. The van der Waals surface area contributed by atoms with Crippen LogP contribution in [0.4, 0.5) is 5.82 Å². The Morgan fingerprint density at radius 2 is 1.78 bits per heavy atom. The molecule has 1 aliphatic rings. The van der Waals surface area contributed by atoms with E-state index in [1.807, 2.05) is 66.7 Å². The van der Waals surface area contributed by atoms with Gasteiger partial charge < -0.3 is 15.2 Å². The van der Waals surface area contributed by atoms with E-state index in [9.17, 15) is 4.79 Å². The maximum absolute atomic E-state index is 13.1. The summed E-state index contributed by atoms with van der Waals surface area (Å²) in [6, 6.07) is 22.8. The molecule has 4 aromatic rings. The molecule has 1 aromatic heterocycles. The number of para-hydroxylation sites is 1. The van der Waals surface area contributed by atoms with Gasteiger partial charge in [-0.2, -0.15) is 5.10 Å². The van der Waals surface area contributed by atoms with Crippen LogP contribution in [0.1, 0.15) is 21.5 Å². The number of ether oxygens (including phenoxy) is 2. The maximum Gasteiger partial charge on any atom is 0.194 e. The van der Waals surface area contributed by atoms with Crippen molar-refractivity contribution in [3.63, 3.8) is 0 Å². The molecule has 0 amide bonds. The van der Waals surface area contributed by atoms with Crippen molar-refractivity contribution in [2.75, 3.05) is 12.8 Å². The van der Waals surface area contributed by atoms with Crippen LogP contribution in [0.5, 0.6) is 17.2 Å². The Morgan fingerprint density at radius 3 is 2.56 bits per heavy atom. The molecule has 0 bridgehead atoms. The Bertz CT molecular complexity index is 1340. The molecule has 5 rings (SSSR count). The summed E-state index contributed by atoms with van der Waals surface area (Å²) in [6.45, 7) is 0. The van der Waals surface area contributed by atoms with Crippen LogP contribution in [0.3, 0.4) is 0 Å². The molecule has 0 saturated heterocycles. The number of ketones is 1. The number of hydrogen-bond acceptors (Lipinski definition) is 5. The van der Waals surface area contributed by atoms with Crippen LogP contribution in [0.15, 0.2) is 84.6 Å². The molecule has 0 radical (unpaired) electrons. The van der Waals surface area contributed by atoms with Crippen LogP contribution < -0.4 is 15.2 Å². The highest BCUT2D eigenvalue weighted by molar-refractivity contribution is 6.15. The number of nitrogens with two attached hydrogens (primary N) is 1. The fourth-order valence-corrected chi connectivity index (χ4v) is 3.83. The number of hydrogen-bond donors (Lipinski definition) is 1. The molecule has 158 valence electrons. The lowest BCUT2D eigenvalue weighted by atomic mass is 10.0. The van der Waals surface area contributed by atoms with Gasteiger partial charge in [-0.1, -0.05) is 42.5 Å². The standard InChI is InChI=1S/C26H21N3O3/c1-31-24-15-20(11-12-23(24)32-21-9-3-2-4-10-21)29-26(27)22(16-28-29)25(30)19-13-17-7-5-6-8-18(17)14-19/h2-13,15-16H,14,27H2,1H3. The van der Waals surface area contributed by atoms with E-state index in [2.05, 4.69) is 5.10 Å². The van der Waals surface area contributed by atoms with Gasteiger partial charge >= 0.3 is 0 Å². The summed E-state index contributed by atoms with van der Waals surface area (Å²) in [5, 5.41) is 4.36. The van der Waals surface area contributed by atoms with E-state index in [1.165, 1.54) is 10.9 Å². The molecular weight excluding hydrogens is 402 g/mol. The molecule has 0 atom stereocenters. The SMILES string of the molecule is COc1cc(-n2ncc(C(=O)C3=Cc4ccccc4C3)c2N)ccc1Oc1ccccc1. The van der Waals surface area contributed by atoms with Crippen LogP contribution in [0, 0.1) is 0 Å². The van der Waals surface area contributed by atoms with E-state index in [-0.39, 0.29) is 11.6 Å². The van der Waals surface area contributed by atoms with Gasteiger partial charge in [0.1, 0.15) is 11.6 Å². The minimum absolute atomic E-state index is 0.110. The Kier molecular flexibility index (Phi) is 4.95. The third kappa shape index (κ3) is 3.52. The summed E-state index contributed by atoms with van der Waals surface area (Å²) in [7, 11) is 1.57. The van der Waals surface area contributed by atoms with Crippen molar-refractivity contribution in [2.45, 2.75) is 6.42 Å². The van der Waals surface area contributed by atoms with Crippen molar-refractivity contribution in [1.29, 1.82) is 0 Å². The van der Waals surface area contributed by atoms with E-state index >= 15 is 0 Å². The zero-order valence-electron chi connectivity index (χ0n) is 17.5. The molecule has 32 heavy (non-hydrogen) atoms. The fourth-order valence-electron chi connectivity index (χ4n) is 3.83. The lowest BCUT2D eigenvalue weighted by molar-refractivity contribution is 0.103. The van der Waals surface area contributed by atoms with Gasteiger partial charge in [-0.05, 0) is 41.5 Å². The number of fused-ring (bicyclic) bond motifs is 1. The lowest BCUT2D eigenvalue weighted by Crippen LogP contribution is -2.08. The highest BCUT2D eigenvalue weighted by Gasteiger charge is 2.24. The number of nitrogens with zero attached hydrogens (tertiary/aromatic N) is 2. The largest absolute Gasteiger partial charge is 0.493 e. The number of anilines is 1. The molecule has 6 heteroatoms. The summed E-state index contributed by atoms with van der Waals surface area (Å²) < 4.78 is 13.0. The number of carbonyl (C=O) groups is 1. The normalized spacial score (nSPS) is 12.2. The highest BCUT2D eigenvalue weighted by Crippen LogP contribution is 2.34. The number of Topliss-reactive ketones (excluding diaryl/α,β-unsaturated/α-hetero) is 1. The minimum atomic E-state index is -0.110. The van der Waals surface area contributed by atoms with Crippen molar-refractivity contribution >= 4 is 17.7 Å². The predicted molar refractivity (Wildman–Crippen MR) is 123 cm³/mol. The second-order valence-corrected chi connectivity index (χ2v) is 7.48. The molecule has 1 aliphatic carbocycles. The molecule has 3 aromatic carbocycles. The first-order chi connectivity index (χ1) is 15.6. The van der Waals surface area contributed by atoms with E-state index in [0.29, 0.717) is 40.5 Å². The topological polar surface area (TPSA) is 79.4 Å². The molecule has 2 N–H and O–H groups in total. The third-order valence-electron chi connectivity index (χ3n) is 5.47. The summed E-state index contributed by atoms with van der Waals surface area (Å²) in [6.07, 6.45) is 4.04. The van der Waals surface area contributed by atoms with Crippen molar-refractivity contribution in [3.8, 4) is 22.9 Å². The molecule has 1 heterocycles. The number of methoxy groups -OCH3 is 1. The number of allylic oxidation sites excluding steroid dienone is 1. The smallest absolute Gasteiger partial charge is 0.194 e. The van der Waals surface area contributed by atoms with Gasteiger partial charge in [0.2, 0.25) is 0 Å².